The smallest absolute Gasteiger partial charge is 0.151 e. The van der Waals surface area contributed by atoms with Gasteiger partial charge in [-0.15, -0.1) is 10.2 Å². The fourth-order valence-electron chi connectivity index (χ4n) is 0.822. The van der Waals surface area contributed by atoms with Gasteiger partial charge < -0.3 is 10.6 Å². The Morgan fingerprint density at radius 2 is 2.23 bits per heavy atom. The zero-order valence-corrected chi connectivity index (χ0v) is 8.51. The number of hydrogen-bond donors (Lipinski definition) is 1. The standard InChI is InChI=1S/C8H12N4S/c1-3-12(2)7-5-4-6(8(9)13)10-11-7/h4-5H,3H2,1-2H3,(H2,9,13). The Kier molecular flexibility index (Phi) is 3.13. The van der Waals surface area contributed by atoms with Crippen LogP contribution in [0.25, 0.3) is 0 Å². The van der Waals surface area contributed by atoms with Crippen LogP contribution in [0, 0.1) is 0 Å². The minimum Gasteiger partial charge on any atom is -0.388 e. The number of thiocarbonyl (C=S) groups is 1. The number of nitrogens with zero attached hydrogens (tertiary/aromatic N) is 3. The lowest BCUT2D eigenvalue weighted by Crippen LogP contribution is -2.19. The third-order valence-electron chi connectivity index (χ3n) is 1.77. The van der Waals surface area contributed by atoms with Gasteiger partial charge in [0.25, 0.3) is 0 Å². The fraction of sp³-hybridized carbons (Fsp3) is 0.375. The second kappa shape index (κ2) is 4.13. The molecule has 0 spiro atoms. The van der Waals surface area contributed by atoms with Crippen molar-refractivity contribution in [2.24, 2.45) is 5.73 Å². The highest BCUT2D eigenvalue weighted by molar-refractivity contribution is 7.80. The summed E-state index contributed by atoms with van der Waals surface area (Å²) in [5.41, 5.74) is 5.95. The minimum atomic E-state index is 0.276. The SMILES string of the molecule is CCN(C)c1ccc(C(N)=S)nn1. The summed E-state index contributed by atoms with van der Waals surface area (Å²) < 4.78 is 0. The molecular weight excluding hydrogens is 184 g/mol. The first kappa shape index (κ1) is 9.85. The second-order valence-electron chi connectivity index (χ2n) is 2.66. The Morgan fingerprint density at radius 1 is 1.54 bits per heavy atom. The Bertz CT molecular complexity index is 296. The second-order valence-corrected chi connectivity index (χ2v) is 3.10. The van der Waals surface area contributed by atoms with Crippen molar-refractivity contribution in [1.29, 1.82) is 0 Å². The van der Waals surface area contributed by atoms with Gasteiger partial charge in [-0.2, -0.15) is 0 Å². The van der Waals surface area contributed by atoms with Gasteiger partial charge in [0, 0.05) is 13.6 Å². The Balaban J connectivity index is 2.87. The van der Waals surface area contributed by atoms with Crippen molar-refractivity contribution in [2.75, 3.05) is 18.5 Å². The van der Waals surface area contributed by atoms with Gasteiger partial charge in [0.1, 0.15) is 10.7 Å². The van der Waals surface area contributed by atoms with Gasteiger partial charge in [-0.3, -0.25) is 0 Å². The summed E-state index contributed by atoms with van der Waals surface area (Å²) in [6.07, 6.45) is 0. The van der Waals surface area contributed by atoms with E-state index in [1.54, 1.807) is 6.07 Å². The van der Waals surface area contributed by atoms with Gasteiger partial charge in [0.05, 0.1) is 0 Å². The first-order chi connectivity index (χ1) is 6.15. The minimum absolute atomic E-state index is 0.276. The molecule has 1 rings (SSSR count). The van der Waals surface area contributed by atoms with E-state index in [2.05, 4.69) is 10.2 Å². The molecule has 4 nitrogen and oxygen atoms in total. The lowest BCUT2D eigenvalue weighted by Gasteiger charge is -2.14. The molecule has 0 aliphatic heterocycles. The topological polar surface area (TPSA) is 55.0 Å². The lowest BCUT2D eigenvalue weighted by molar-refractivity contribution is 0.893. The zero-order valence-electron chi connectivity index (χ0n) is 7.69. The maximum absolute atomic E-state index is 5.39. The normalized spacial score (nSPS) is 9.69. The molecule has 70 valence electrons. The molecule has 0 aromatic carbocycles. The molecule has 0 bridgehead atoms. The van der Waals surface area contributed by atoms with Crippen molar-refractivity contribution < 1.29 is 0 Å². The van der Waals surface area contributed by atoms with E-state index < -0.39 is 0 Å². The van der Waals surface area contributed by atoms with E-state index in [1.807, 2.05) is 24.9 Å². The monoisotopic (exact) mass is 196 g/mol. The quantitative estimate of drug-likeness (QED) is 0.716. The van der Waals surface area contributed by atoms with E-state index in [0.717, 1.165) is 12.4 Å². The van der Waals surface area contributed by atoms with E-state index in [-0.39, 0.29) is 4.99 Å². The largest absolute Gasteiger partial charge is 0.388 e. The summed E-state index contributed by atoms with van der Waals surface area (Å²) in [6, 6.07) is 3.63. The van der Waals surface area contributed by atoms with E-state index >= 15 is 0 Å². The summed E-state index contributed by atoms with van der Waals surface area (Å²) >= 11 is 4.76. The Morgan fingerprint density at radius 3 is 2.62 bits per heavy atom. The molecule has 13 heavy (non-hydrogen) atoms. The van der Waals surface area contributed by atoms with E-state index in [9.17, 15) is 0 Å². The number of hydrogen-bond acceptors (Lipinski definition) is 4. The summed E-state index contributed by atoms with van der Waals surface area (Å²) in [5.74, 6) is 0.822. The van der Waals surface area contributed by atoms with Crippen LogP contribution in [0.5, 0.6) is 0 Å². The molecule has 0 aliphatic rings. The first-order valence-corrected chi connectivity index (χ1v) is 4.40. The number of rotatable bonds is 3. The van der Waals surface area contributed by atoms with E-state index in [4.69, 9.17) is 18.0 Å². The van der Waals surface area contributed by atoms with Gasteiger partial charge in [-0.05, 0) is 19.1 Å². The van der Waals surface area contributed by atoms with Crippen LogP contribution in [0.15, 0.2) is 12.1 Å². The van der Waals surface area contributed by atoms with Gasteiger partial charge >= 0.3 is 0 Å². The van der Waals surface area contributed by atoms with Crippen LogP contribution in [0.1, 0.15) is 12.6 Å². The highest BCUT2D eigenvalue weighted by atomic mass is 32.1. The van der Waals surface area contributed by atoms with Crippen LogP contribution < -0.4 is 10.6 Å². The number of nitrogens with two attached hydrogens (primary N) is 1. The molecule has 1 aromatic heterocycles. The average molecular weight is 196 g/mol. The molecule has 0 fully saturated rings. The highest BCUT2D eigenvalue weighted by Crippen LogP contribution is 2.06. The molecule has 0 aliphatic carbocycles. The molecule has 0 atom stereocenters. The van der Waals surface area contributed by atoms with Gasteiger partial charge in [0.2, 0.25) is 0 Å². The van der Waals surface area contributed by atoms with E-state index in [1.165, 1.54) is 0 Å². The molecular formula is C8H12N4S. The third kappa shape index (κ3) is 2.35. The molecule has 1 aromatic rings. The van der Waals surface area contributed by atoms with Crippen molar-refractivity contribution in [3.8, 4) is 0 Å². The first-order valence-electron chi connectivity index (χ1n) is 3.99. The predicted molar refractivity (Wildman–Crippen MR) is 56.9 cm³/mol. The molecule has 0 saturated heterocycles. The maximum atomic E-state index is 5.39. The van der Waals surface area contributed by atoms with Crippen LogP contribution in [-0.2, 0) is 0 Å². The predicted octanol–water partition coefficient (Wildman–Crippen LogP) is 0.567. The van der Waals surface area contributed by atoms with Crippen molar-refractivity contribution in [2.45, 2.75) is 6.92 Å². The lowest BCUT2D eigenvalue weighted by atomic mass is 10.4. The molecule has 0 unspecified atom stereocenters. The maximum Gasteiger partial charge on any atom is 0.151 e. The summed E-state index contributed by atoms with van der Waals surface area (Å²) in [4.78, 5) is 2.26. The van der Waals surface area contributed by atoms with Crippen molar-refractivity contribution >= 4 is 23.0 Å². The molecule has 5 heteroatoms. The summed E-state index contributed by atoms with van der Waals surface area (Å²) in [5, 5.41) is 7.87. The van der Waals surface area contributed by atoms with Gasteiger partial charge in [-0.25, -0.2) is 0 Å². The number of aromatic nitrogens is 2. The molecule has 1 heterocycles. The van der Waals surface area contributed by atoms with Crippen molar-refractivity contribution in [3.05, 3.63) is 17.8 Å². The zero-order chi connectivity index (χ0) is 9.84. The van der Waals surface area contributed by atoms with Crippen LogP contribution in [0.2, 0.25) is 0 Å². The van der Waals surface area contributed by atoms with Crippen LogP contribution in [-0.4, -0.2) is 28.8 Å². The highest BCUT2D eigenvalue weighted by Gasteiger charge is 2.02. The Labute approximate surface area is 82.8 Å². The van der Waals surface area contributed by atoms with Crippen molar-refractivity contribution in [3.63, 3.8) is 0 Å². The molecule has 2 N–H and O–H groups in total. The summed E-state index contributed by atoms with van der Waals surface area (Å²) in [7, 11) is 1.95. The molecule has 0 saturated carbocycles. The third-order valence-corrected chi connectivity index (χ3v) is 1.98. The van der Waals surface area contributed by atoms with Crippen LogP contribution in [0.4, 0.5) is 5.82 Å². The Hall–Kier alpha value is -1.23. The average Bonchev–Trinajstić information content (AvgIpc) is 2.17. The van der Waals surface area contributed by atoms with Gasteiger partial charge in [-0.1, -0.05) is 12.2 Å². The van der Waals surface area contributed by atoms with Gasteiger partial charge in [0.15, 0.2) is 5.82 Å². The molecule has 0 radical (unpaired) electrons. The summed E-state index contributed by atoms with van der Waals surface area (Å²) in [6.45, 7) is 2.93. The fourth-order valence-corrected chi connectivity index (χ4v) is 0.931. The van der Waals surface area contributed by atoms with E-state index in [0.29, 0.717) is 5.69 Å². The number of anilines is 1. The van der Waals surface area contributed by atoms with Crippen LogP contribution >= 0.6 is 12.2 Å². The van der Waals surface area contributed by atoms with Crippen molar-refractivity contribution in [1.82, 2.24) is 10.2 Å². The molecule has 0 amide bonds. The van der Waals surface area contributed by atoms with Crippen LogP contribution in [0.3, 0.4) is 0 Å².